The van der Waals surface area contributed by atoms with E-state index in [-0.39, 0.29) is 23.1 Å². The first kappa shape index (κ1) is 19.8. The van der Waals surface area contributed by atoms with E-state index in [0.717, 1.165) is 44.3 Å². The van der Waals surface area contributed by atoms with E-state index < -0.39 is 10.0 Å². The van der Waals surface area contributed by atoms with E-state index in [9.17, 15) is 13.2 Å². The van der Waals surface area contributed by atoms with E-state index in [1.54, 1.807) is 24.3 Å². The number of carbonyl (C=O) groups excluding carboxylic acids is 1. The molecule has 8 heteroatoms. The van der Waals surface area contributed by atoms with Crippen molar-refractivity contribution in [2.45, 2.75) is 55.8 Å². The van der Waals surface area contributed by atoms with Gasteiger partial charge in [0, 0.05) is 31.5 Å². The number of ether oxygens (including phenoxy) is 2. The van der Waals surface area contributed by atoms with Crippen molar-refractivity contribution in [3.63, 3.8) is 0 Å². The van der Waals surface area contributed by atoms with Gasteiger partial charge in [-0.15, -0.1) is 0 Å². The molecule has 0 aromatic heterocycles. The van der Waals surface area contributed by atoms with Crippen molar-refractivity contribution in [1.82, 2.24) is 9.62 Å². The third kappa shape index (κ3) is 4.92. The van der Waals surface area contributed by atoms with Crippen LogP contribution in [0.15, 0.2) is 29.2 Å². The summed E-state index contributed by atoms with van der Waals surface area (Å²) < 4.78 is 38.2. The van der Waals surface area contributed by atoms with Gasteiger partial charge in [-0.25, -0.2) is 13.1 Å². The zero-order valence-electron chi connectivity index (χ0n) is 16.0. The van der Waals surface area contributed by atoms with Crippen LogP contribution < -0.4 is 4.72 Å². The van der Waals surface area contributed by atoms with Crippen LogP contribution in [0.4, 0.5) is 0 Å². The first-order valence-corrected chi connectivity index (χ1v) is 11.6. The van der Waals surface area contributed by atoms with Gasteiger partial charge in [0.05, 0.1) is 18.1 Å². The Balaban J connectivity index is 1.23. The number of likely N-dealkylation sites (tertiary alicyclic amines) is 1. The molecule has 3 fully saturated rings. The molecule has 0 bridgehead atoms. The second kappa shape index (κ2) is 8.49. The molecule has 1 amide bonds. The lowest BCUT2D eigenvalue weighted by molar-refractivity contribution is -0.136. The van der Waals surface area contributed by atoms with E-state index in [1.807, 2.05) is 4.90 Å². The van der Waals surface area contributed by atoms with Gasteiger partial charge in [0.2, 0.25) is 15.9 Å². The third-order valence-corrected chi connectivity index (χ3v) is 7.22. The molecule has 1 saturated carbocycles. The molecule has 3 aliphatic rings. The van der Waals surface area contributed by atoms with Crippen LogP contribution in [0.5, 0.6) is 0 Å². The molecule has 1 N–H and O–H groups in total. The van der Waals surface area contributed by atoms with Gasteiger partial charge in [-0.3, -0.25) is 4.79 Å². The summed E-state index contributed by atoms with van der Waals surface area (Å²) in [6.45, 7) is 2.83. The van der Waals surface area contributed by atoms with Crippen LogP contribution in [0.25, 0.3) is 0 Å². The molecule has 2 saturated heterocycles. The van der Waals surface area contributed by atoms with Crippen LogP contribution in [0.2, 0.25) is 0 Å². The highest BCUT2D eigenvalue weighted by Gasteiger charge is 2.31. The number of hydrogen-bond acceptors (Lipinski definition) is 5. The highest BCUT2D eigenvalue weighted by atomic mass is 32.2. The standard InChI is InChI=1S/C20H28N2O5S/c23-19(22-11-9-16(10-12-22)20-26-13-14-27-20)8-3-15-1-6-18(7-2-15)28(24,25)21-17-4-5-17/h1-2,6-7,16-17,20-21H,3-5,8-14H2. The fourth-order valence-electron chi connectivity index (χ4n) is 3.80. The minimum absolute atomic E-state index is 0.0956. The number of rotatable bonds is 7. The van der Waals surface area contributed by atoms with Crippen molar-refractivity contribution in [3.05, 3.63) is 29.8 Å². The number of aryl methyl sites for hydroxylation is 1. The molecule has 4 rings (SSSR count). The fraction of sp³-hybridized carbons (Fsp3) is 0.650. The number of amides is 1. The smallest absolute Gasteiger partial charge is 0.240 e. The first-order chi connectivity index (χ1) is 13.5. The topological polar surface area (TPSA) is 84.9 Å². The molecular formula is C20H28N2O5S. The number of hydrogen-bond donors (Lipinski definition) is 1. The van der Waals surface area contributed by atoms with E-state index in [1.165, 1.54) is 0 Å². The van der Waals surface area contributed by atoms with Gasteiger partial charge >= 0.3 is 0 Å². The quantitative estimate of drug-likeness (QED) is 0.742. The molecule has 0 spiro atoms. The Morgan fingerprint density at radius 2 is 1.68 bits per heavy atom. The van der Waals surface area contributed by atoms with Gasteiger partial charge in [-0.05, 0) is 49.8 Å². The summed E-state index contributed by atoms with van der Waals surface area (Å²) in [5.74, 6) is 0.532. The molecule has 154 valence electrons. The molecule has 7 nitrogen and oxygen atoms in total. The van der Waals surface area contributed by atoms with Crippen molar-refractivity contribution in [1.29, 1.82) is 0 Å². The second-order valence-electron chi connectivity index (χ2n) is 7.87. The van der Waals surface area contributed by atoms with Gasteiger partial charge in [0.15, 0.2) is 6.29 Å². The highest BCUT2D eigenvalue weighted by Crippen LogP contribution is 2.26. The van der Waals surface area contributed by atoms with Gasteiger partial charge in [0.1, 0.15) is 0 Å². The maximum Gasteiger partial charge on any atom is 0.240 e. The molecule has 1 aromatic rings. The third-order valence-electron chi connectivity index (χ3n) is 5.69. The van der Waals surface area contributed by atoms with Gasteiger partial charge in [-0.2, -0.15) is 0 Å². The van der Waals surface area contributed by atoms with Crippen LogP contribution >= 0.6 is 0 Å². The Bertz CT molecular complexity index is 777. The number of nitrogens with one attached hydrogen (secondary N) is 1. The van der Waals surface area contributed by atoms with Crippen LogP contribution in [0, 0.1) is 5.92 Å². The van der Waals surface area contributed by atoms with E-state index >= 15 is 0 Å². The molecule has 2 aliphatic heterocycles. The number of sulfonamides is 1. The number of piperidine rings is 1. The summed E-state index contributed by atoms with van der Waals surface area (Å²) >= 11 is 0. The predicted molar refractivity (Wildman–Crippen MR) is 103 cm³/mol. The van der Waals surface area contributed by atoms with Crippen LogP contribution in [0.3, 0.4) is 0 Å². The summed E-state index contributed by atoms with van der Waals surface area (Å²) in [6.07, 6.45) is 4.61. The fourth-order valence-corrected chi connectivity index (χ4v) is 5.11. The van der Waals surface area contributed by atoms with Crippen LogP contribution in [-0.2, 0) is 30.7 Å². The molecular weight excluding hydrogens is 380 g/mol. The van der Waals surface area contributed by atoms with Gasteiger partial charge < -0.3 is 14.4 Å². The lowest BCUT2D eigenvalue weighted by atomic mass is 9.95. The first-order valence-electron chi connectivity index (χ1n) is 10.1. The summed E-state index contributed by atoms with van der Waals surface area (Å²) in [5.41, 5.74) is 0.973. The monoisotopic (exact) mass is 408 g/mol. The number of carbonyl (C=O) groups is 1. The summed E-state index contributed by atoms with van der Waals surface area (Å²) in [4.78, 5) is 14.7. The predicted octanol–water partition coefficient (Wildman–Crippen LogP) is 1.67. The minimum atomic E-state index is -3.42. The molecule has 0 radical (unpaired) electrons. The lowest BCUT2D eigenvalue weighted by Crippen LogP contribution is -2.41. The number of benzene rings is 1. The van der Waals surface area contributed by atoms with Crippen molar-refractivity contribution in [2.24, 2.45) is 5.92 Å². The second-order valence-corrected chi connectivity index (χ2v) is 9.58. The largest absolute Gasteiger partial charge is 0.350 e. The van der Waals surface area contributed by atoms with Crippen molar-refractivity contribution in [3.8, 4) is 0 Å². The minimum Gasteiger partial charge on any atom is -0.350 e. The maximum absolute atomic E-state index is 12.5. The average Bonchev–Trinajstić information content (AvgIpc) is 3.33. The normalized spacial score (nSPS) is 21.9. The highest BCUT2D eigenvalue weighted by molar-refractivity contribution is 7.89. The molecule has 0 unspecified atom stereocenters. The van der Waals surface area contributed by atoms with Gasteiger partial charge in [0.25, 0.3) is 0 Å². The zero-order chi connectivity index (χ0) is 19.6. The summed E-state index contributed by atoms with van der Waals surface area (Å²) in [5, 5.41) is 0. The Labute approximate surface area is 166 Å². The Morgan fingerprint density at radius 3 is 2.29 bits per heavy atom. The SMILES string of the molecule is O=C(CCc1ccc(S(=O)(=O)NC2CC2)cc1)N1CCC(C2OCCO2)CC1. The lowest BCUT2D eigenvalue weighted by Gasteiger charge is -2.34. The Kier molecular flexibility index (Phi) is 6.01. The molecule has 2 heterocycles. The summed E-state index contributed by atoms with van der Waals surface area (Å²) in [6, 6.07) is 6.94. The Morgan fingerprint density at radius 1 is 1.04 bits per heavy atom. The van der Waals surface area contributed by atoms with E-state index in [4.69, 9.17) is 9.47 Å². The average molecular weight is 409 g/mol. The molecule has 1 aromatic carbocycles. The summed E-state index contributed by atoms with van der Waals surface area (Å²) in [7, 11) is -3.42. The van der Waals surface area contributed by atoms with Crippen molar-refractivity contribution < 1.29 is 22.7 Å². The van der Waals surface area contributed by atoms with Crippen molar-refractivity contribution in [2.75, 3.05) is 26.3 Å². The maximum atomic E-state index is 12.5. The molecule has 0 atom stereocenters. The van der Waals surface area contributed by atoms with Crippen molar-refractivity contribution >= 4 is 15.9 Å². The van der Waals surface area contributed by atoms with E-state index in [0.29, 0.717) is 32.0 Å². The molecule has 1 aliphatic carbocycles. The van der Waals surface area contributed by atoms with Gasteiger partial charge in [-0.1, -0.05) is 12.1 Å². The zero-order valence-corrected chi connectivity index (χ0v) is 16.8. The molecule has 28 heavy (non-hydrogen) atoms. The van der Waals surface area contributed by atoms with Crippen LogP contribution in [-0.4, -0.2) is 57.9 Å². The Hall–Kier alpha value is -1.48. The number of nitrogens with zero attached hydrogens (tertiary/aromatic N) is 1. The van der Waals surface area contributed by atoms with Crippen LogP contribution in [0.1, 0.15) is 37.7 Å². The van der Waals surface area contributed by atoms with E-state index in [2.05, 4.69) is 4.72 Å².